The molecule has 0 fully saturated rings. The van der Waals surface area contributed by atoms with Crippen LogP contribution in [0.2, 0.25) is 5.02 Å². The van der Waals surface area contributed by atoms with Crippen molar-refractivity contribution < 1.29 is 27.8 Å². The van der Waals surface area contributed by atoms with Crippen molar-refractivity contribution in [2.75, 3.05) is 36.2 Å². The molecule has 13 rings (SSSR count). The van der Waals surface area contributed by atoms with Crippen molar-refractivity contribution in [3.8, 4) is 45.3 Å². The topological polar surface area (TPSA) is 69.7 Å². The number of halogens is 1. The number of nitrogens with zero attached hydrogens (tertiary/aromatic N) is 2. The Balaban J connectivity index is 0.993. The van der Waals surface area contributed by atoms with Crippen LogP contribution in [-0.2, 0) is 0 Å². The van der Waals surface area contributed by atoms with Crippen molar-refractivity contribution in [2.45, 2.75) is 6.92 Å². The minimum atomic E-state index is 0.460. The van der Waals surface area contributed by atoms with E-state index in [-0.39, 0.29) is 0 Å². The van der Waals surface area contributed by atoms with Crippen molar-refractivity contribution in [1.82, 2.24) is 0 Å². The Hall–Kier alpha value is -8.33. The number of furan rings is 2. The molecule has 0 aliphatic carbocycles. The fourth-order valence-corrected chi connectivity index (χ4v) is 9.99. The van der Waals surface area contributed by atoms with E-state index in [4.69, 9.17) is 39.4 Å². The molecule has 0 amide bonds. The number of benzene rings is 9. The first kappa shape index (κ1) is 40.0. The molecule has 9 aromatic carbocycles. The number of hydrogen-bond acceptors (Lipinski definition) is 8. The minimum absolute atomic E-state index is 0.460. The molecule has 2 aliphatic heterocycles. The largest absolute Gasteiger partial charge is 0.486 e. The number of rotatable bonds is 8. The molecule has 0 atom stereocenters. The van der Waals surface area contributed by atoms with E-state index in [1.54, 1.807) is 0 Å². The van der Waals surface area contributed by atoms with Crippen molar-refractivity contribution in [1.29, 1.82) is 0 Å². The van der Waals surface area contributed by atoms with Crippen LogP contribution in [0.5, 0.6) is 23.0 Å². The van der Waals surface area contributed by atoms with Gasteiger partial charge in [0.15, 0.2) is 23.0 Å². The fourth-order valence-electron chi connectivity index (χ4n) is 9.71. The Bertz CT molecular complexity index is 3560. The highest BCUT2D eigenvalue weighted by Gasteiger charge is 2.27. The molecule has 4 heterocycles. The molecule has 0 saturated carbocycles. The zero-order chi connectivity index (χ0) is 45.3. The third kappa shape index (κ3) is 6.91. The molecule has 0 saturated heterocycles. The maximum atomic E-state index is 7.96. The van der Waals surface area contributed by atoms with Gasteiger partial charge in [0.05, 0.1) is 27.8 Å². The second-order valence-corrected chi connectivity index (χ2v) is 17.5. The van der Waals surface area contributed by atoms with Gasteiger partial charge in [0.25, 0.3) is 0 Å². The van der Waals surface area contributed by atoms with Crippen molar-refractivity contribution >= 4 is 89.6 Å². The van der Waals surface area contributed by atoms with E-state index in [1.807, 2.05) is 72.8 Å². The Labute approximate surface area is 396 Å². The SMILES string of the molecule is Cc1cc(N(c2cccc(-c3ccc4c(c3)oc3ccccc34)c2)c2cccc(-c3ccc4c(c3)oc3ccccc34)c2)c(Cl)c(N(c2ccc3c(c2)OCCO3)c2ccc3c(c2)OCCO3)c1. The van der Waals surface area contributed by atoms with Crippen LogP contribution in [0.1, 0.15) is 5.56 Å². The molecular formula is C59H41ClN2O6. The highest BCUT2D eigenvalue weighted by molar-refractivity contribution is 6.36. The van der Waals surface area contributed by atoms with E-state index in [0.717, 1.165) is 106 Å². The summed E-state index contributed by atoms with van der Waals surface area (Å²) in [6.45, 7) is 4.01. The number of hydrogen-bond donors (Lipinski definition) is 0. The average molecular weight is 909 g/mol. The van der Waals surface area contributed by atoms with Crippen LogP contribution >= 0.6 is 11.6 Å². The van der Waals surface area contributed by atoms with Crippen LogP contribution in [-0.4, -0.2) is 26.4 Å². The Morgan fingerprint density at radius 1 is 0.353 bits per heavy atom. The summed E-state index contributed by atoms with van der Waals surface area (Å²) in [7, 11) is 0. The van der Waals surface area contributed by atoms with Crippen molar-refractivity contribution in [2.24, 2.45) is 0 Å². The molecule has 0 bridgehead atoms. The zero-order valence-corrected chi connectivity index (χ0v) is 37.6. The Morgan fingerprint density at radius 3 is 1.25 bits per heavy atom. The van der Waals surface area contributed by atoms with Crippen LogP contribution in [0.15, 0.2) is 191 Å². The summed E-state index contributed by atoms with van der Waals surface area (Å²) in [5, 5.41) is 4.89. The molecule has 330 valence electrons. The number of anilines is 6. The number of ether oxygens (including phenoxy) is 4. The molecule has 8 nitrogen and oxygen atoms in total. The van der Waals surface area contributed by atoms with Crippen molar-refractivity contribution in [3.63, 3.8) is 0 Å². The Morgan fingerprint density at radius 2 is 0.765 bits per heavy atom. The second kappa shape index (κ2) is 16.2. The lowest BCUT2D eigenvalue weighted by atomic mass is 10.0. The molecule has 11 aromatic rings. The van der Waals surface area contributed by atoms with Gasteiger partial charge in [-0.05, 0) is 132 Å². The zero-order valence-electron chi connectivity index (χ0n) is 36.9. The van der Waals surface area contributed by atoms with E-state index in [0.29, 0.717) is 54.4 Å². The predicted octanol–water partition coefficient (Wildman–Crippen LogP) is 16.3. The molecule has 68 heavy (non-hydrogen) atoms. The van der Waals surface area contributed by atoms with E-state index in [1.165, 1.54) is 0 Å². The summed E-state index contributed by atoms with van der Waals surface area (Å²) in [6, 6.07) is 62.6. The highest BCUT2D eigenvalue weighted by Crippen LogP contribution is 2.51. The molecule has 2 aliphatic rings. The smallest absolute Gasteiger partial charge is 0.163 e. The van der Waals surface area contributed by atoms with E-state index in [2.05, 4.69) is 126 Å². The molecule has 0 radical (unpaired) electrons. The second-order valence-electron chi connectivity index (χ2n) is 17.2. The van der Waals surface area contributed by atoms with E-state index >= 15 is 0 Å². The third-order valence-electron chi connectivity index (χ3n) is 12.9. The van der Waals surface area contributed by atoms with Gasteiger partial charge in [-0.2, -0.15) is 0 Å². The quantitative estimate of drug-likeness (QED) is 0.149. The van der Waals surface area contributed by atoms with Gasteiger partial charge in [-0.25, -0.2) is 0 Å². The lowest BCUT2D eigenvalue weighted by molar-refractivity contribution is 0.171. The fraction of sp³-hybridized carbons (Fsp3) is 0.0847. The highest BCUT2D eigenvalue weighted by atomic mass is 35.5. The maximum absolute atomic E-state index is 7.96. The van der Waals surface area contributed by atoms with Crippen LogP contribution in [0.3, 0.4) is 0 Å². The van der Waals surface area contributed by atoms with Gasteiger partial charge in [0, 0.05) is 45.1 Å². The van der Waals surface area contributed by atoms with Crippen LogP contribution in [0, 0.1) is 6.92 Å². The average Bonchev–Trinajstić information content (AvgIpc) is 3.95. The van der Waals surface area contributed by atoms with Crippen LogP contribution in [0.4, 0.5) is 34.1 Å². The van der Waals surface area contributed by atoms with E-state index in [9.17, 15) is 0 Å². The summed E-state index contributed by atoms with van der Waals surface area (Å²) in [4.78, 5) is 4.39. The summed E-state index contributed by atoms with van der Waals surface area (Å²) >= 11 is 7.96. The first-order valence-electron chi connectivity index (χ1n) is 22.7. The molecule has 0 spiro atoms. The van der Waals surface area contributed by atoms with Crippen molar-refractivity contribution in [3.05, 3.63) is 193 Å². The summed E-state index contributed by atoms with van der Waals surface area (Å²) in [5.74, 6) is 2.72. The van der Waals surface area contributed by atoms with Gasteiger partial charge in [0.1, 0.15) is 48.8 Å². The van der Waals surface area contributed by atoms with E-state index < -0.39 is 0 Å². The minimum Gasteiger partial charge on any atom is -0.486 e. The first-order valence-corrected chi connectivity index (χ1v) is 23.1. The predicted molar refractivity (Wildman–Crippen MR) is 273 cm³/mol. The molecule has 0 N–H and O–H groups in total. The maximum Gasteiger partial charge on any atom is 0.163 e. The van der Waals surface area contributed by atoms with Crippen LogP contribution in [0.25, 0.3) is 66.1 Å². The lowest BCUT2D eigenvalue weighted by Crippen LogP contribution is -2.18. The molecule has 0 unspecified atom stereocenters. The number of para-hydroxylation sites is 2. The van der Waals surface area contributed by atoms with Gasteiger partial charge >= 0.3 is 0 Å². The van der Waals surface area contributed by atoms with Gasteiger partial charge in [0.2, 0.25) is 0 Å². The van der Waals surface area contributed by atoms with Gasteiger partial charge in [-0.3, -0.25) is 0 Å². The summed E-state index contributed by atoms with van der Waals surface area (Å²) < 4.78 is 36.9. The summed E-state index contributed by atoms with van der Waals surface area (Å²) in [5.41, 5.74) is 13.6. The first-order chi connectivity index (χ1) is 33.5. The molecule has 9 heteroatoms. The van der Waals surface area contributed by atoms with Gasteiger partial charge in [-0.15, -0.1) is 0 Å². The Kier molecular flexibility index (Phi) is 9.54. The monoisotopic (exact) mass is 908 g/mol. The molecular weight excluding hydrogens is 868 g/mol. The van der Waals surface area contributed by atoms with Gasteiger partial charge < -0.3 is 37.6 Å². The van der Waals surface area contributed by atoms with Gasteiger partial charge in [-0.1, -0.05) is 84.4 Å². The molecule has 2 aromatic heterocycles. The number of aryl methyl sites for hydroxylation is 1. The normalized spacial score (nSPS) is 13.1. The summed E-state index contributed by atoms with van der Waals surface area (Å²) in [6.07, 6.45) is 0. The standard InChI is InChI=1S/C59H41ClN2O6/c1-36-28-49(59(60)50(29-36)62(43-18-22-53-57(34-43)65-26-24-63-53)44-19-23-54-58(35-44)66-27-25-64-54)61(41-10-6-8-37(30-41)39-16-20-47-45-12-2-4-14-51(45)67-55(47)32-39)42-11-7-9-38(31-42)40-17-21-48-46-13-3-5-15-52(46)68-56(48)33-40/h2-23,28-35H,24-27H2,1H3. The van der Waals surface area contributed by atoms with Crippen LogP contribution < -0.4 is 28.7 Å². The number of fused-ring (bicyclic) bond motifs is 8. The lowest BCUT2D eigenvalue weighted by Gasteiger charge is -2.32. The third-order valence-corrected chi connectivity index (χ3v) is 13.2.